The van der Waals surface area contributed by atoms with Gasteiger partial charge in [0.2, 0.25) is 0 Å². The molecule has 0 amide bonds. The second kappa shape index (κ2) is 4.21. The second-order valence-corrected chi connectivity index (χ2v) is 1.89. The van der Waals surface area contributed by atoms with Crippen LogP contribution in [-0.4, -0.2) is 42.0 Å². The summed E-state index contributed by atoms with van der Waals surface area (Å²) in [5.74, 6) is -1.23. The number of carboxylic acid groups (broad SMARTS) is 1. The maximum absolute atomic E-state index is 10.1. The van der Waals surface area contributed by atoms with Crippen molar-refractivity contribution in [3.05, 3.63) is 0 Å². The fourth-order valence-electron chi connectivity index (χ4n) is 0.439. The van der Waals surface area contributed by atoms with Crippen LogP contribution in [0.5, 0.6) is 0 Å². The molecular formula is C5H11NO4. The van der Waals surface area contributed by atoms with Gasteiger partial charge in [-0.15, -0.1) is 0 Å². The van der Waals surface area contributed by atoms with E-state index < -0.39 is 18.1 Å². The molecule has 0 aromatic heterocycles. The monoisotopic (exact) mass is 149 g/mol. The number of methoxy groups -OCH3 is 1. The number of ether oxygens (including phenoxy) is 1. The molecule has 5 nitrogen and oxygen atoms in total. The third kappa shape index (κ3) is 2.77. The Morgan fingerprint density at radius 1 is 1.80 bits per heavy atom. The number of carboxylic acids is 1. The zero-order valence-electron chi connectivity index (χ0n) is 5.65. The van der Waals surface area contributed by atoms with Crippen LogP contribution in [0.25, 0.3) is 0 Å². The van der Waals surface area contributed by atoms with Gasteiger partial charge in [-0.1, -0.05) is 0 Å². The standard InChI is InChI=1S/C5H11NO4/c1-10-2-3(7)4(6)5(8)9/h3-4,7H,2,6H2,1H3,(H,8,9). The summed E-state index contributed by atoms with van der Waals surface area (Å²) in [6, 6.07) is -1.26. The average molecular weight is 149 g/mol. The predicted molar refractivity (Wildman–Crippen MR) is 33.5 cm³/mol. The van der Waals surface area contributed by atoms with E-state index in [9.17, 15) is 4.79 Å². The molecule has 0 heterocycles. The van der Waals surface area contributed by atoms with Crippen LogP contribution in [0.2, 0.25) is 0 Å². The van der Waals surface area contributed by atoms with Crippen LogP contribution in [0.3, 0.4) is 0 Å². The van der Waals surface area contributed by atoms with Gasteiger partial charge in [-0.05, 0) is 0 Å². The van der Waals surface area contributed by atoms with Gasteiger partial charge in [-0.3, -0.25) is 4.79 Å². The van der Waals surface area contributed by atoms with Gasteiger partial charge in [0.25, 0.3) is 0 Å². The zero-order valence-corrected chi connectivity index (χ0v) is 5.65. The van der Waals surface area contributed by atoms with Gasteiger partial charge in [-0.2, -0.15) is 0 Å². The molecule has 0 aliphatic heterocycles. The SMILES string of the molecule is COCC(O)C(N)C(=O)O. The van der Waals surface area contributed by atoms with Crippen LogP contribution in [0, 0.1) is 0 Å². The minimum absolute atomic E-state index is 0.0620. The Bertz CT molecular complexity index is 116. The van der Waals surface area contributed by atoms with Gasteiger partial charge < -0.3 is 20.7 Å². The van der Waals surface area contributed by atoms with E-state index in [2.05, 4.69) is 4.74 Å². The van der Waals surface area contributed by atoms with Gasteiger partial charge in [0.15, 0.2) is 0 Å². The summed E-state index contributed by atoms with van der Waals surface area (Å²) in [7, 11) is 1.36. The molecule has 0 saturated carbocycles. The van der Waals surface area contributed by atoms with Gasteiger partial charge in [-0.25, -0.2) is 0 Å². The van der Waals surface area contributed by atoms with Crippen molar-refractivity contribution < 1.29 is 19.7 Å². The first-order valence-corrected chi connectivity index (χ1v) is 2.75. The summed E-state index contributed by atoms with van der Waals surface area (Å²) in [6.45, 7) is -0.0620. The lowest BCUT2D eigenvalue weighted by molar-refractivity contribution is -0.142. The fraction of sp³-hybridized carbons (Fsp3) is 0.800. The Balaban J connectivity index is 3.69. The molecule has 4 N–H and O–H groups in total. The minimum atomic E-state index is -1.26. The fourth-order valence-corrected chi connectivity index (χ4v) is 0.439. The molecule has 2 unspecified atom stereocenters. The smallest absolute Gasteiger partial charge is 0.323 e. The quantitative estimate of drug-likeness (QED) is 0.448. The lowest BCUT2D eigenvalue weighted by atomic mass is 10.2. The highest BCUT2D eigenvalue weighted by Crippen LogP contribution is 1.90. The molecule has 10 heavy (non-hydrogen) atoms. The molecule has 0 aromatic rings. The number of aliphatic hydroxyl groups excluding tert-OH is 1. The molecular weight excluding hydrogens is 138 g/mol. The van der Waals surface area contributed by atoms with E-state index in [0.717, 1.165) is 0 Å². The number of rotatable bonds is 4. The van der Waals surface area contributed by atoms with Crippen molar-refractivity contribution in [2.45, 2.75) is 12.1 Å². The van der Waals surface area contributed by atoms with Crippen molar-refractivity contribution in [2.24, 2.45) is 5.73 Å². The first kappa shape index (κ1) is 9.35. The van der Waals surface area contributed by atoms with Crippen LogP contribution in [0.1, 0.15) is 0 Å². The van der Waals surface area contributed by atoms with Crippen LogP contribution >= 0.6 is 0 Å². The van der Waals surface area contributed by atoms with E-state index in [0.29, 0.717) is 0 Å². The summed E-state index contributed by atoms with van der Waals surface area (Å²) in [6.07, 6.45) is -1.14. The molecule has 5 heteroatoms. The number of carbonyl (C=O) groups is 1. The Hall–Kier alpha value is -0.650. The maximum atomic E-state index is 10.1. The van der Waals surface area contributed by atoms with Gasteiger partial charge >= 0.3 is 5.97 Å². The molecule has 0 radical (unpaired) electrons. The molecule has 60 valence electrons. The number of hydrogen-bond donors (Lipinski definition) is 3. The molecule has 0 rings (SSSR count). The molecule has 0 saturated heterocycles. The topological polar surface area (TPSA) is 92.8 Å². The van der Waals surface area contributed by atoms with Crippen molar-refractivity contribution in [1.82, 2.24) is 0 Å². The number of nitrogens with two attached hydrogens (primary N) is 1. The normalized spacial score (nSPS) is 16.3. The molecule has 0 aliphatic rings. The third-order valence-corrected chi connectivity index (χ3v) is 1.04. The second-order valence-electron chi connectivity index (χ2n) is 1.89. The zero-order chi connectivity index (χ0) is 8.15. The largest absolute Gasteiger partial charge is 0.480 e. The Labute approximate surface area is 58.4 Å². The summed E-state index contributed by atoms with van der Waals surface area (Å²) >= 11 is 0. The predicted octanol–water partition coefficient (Wildman–Crippen LogP) is -1.59. The Morgan fingerprint density at radius 2 is 2.30 bits per heavy atom. The van der Waals surface area contributed by atoms with Crippen LogP contribution in [-0.2, 0) is 9.53 Å². The van der Waals surface area contributed by atoms with Crippen molar-refractivity contribution in [1.29, 1.82) is 0 Å². The number of aliphatic hydroxyl groups is 1. The lowest BCUT2D eigenvalue weighted by Crippen LogP contribution is -2.44. The maximum Gasteiger partial charge on any atom is 0.323 e. The van der Waals surface area contributed by atoms with Crippen LogP contribution in [0.4, 0.5) is 0 Å². The summed E-state index contributed by atoms with van der Waals surface area (Å²) < 4.78 is 4.48. The Morgan fingerprint density at radius 3 is 2.60 bits per heavy atom. The van der Waals surface area contributed by atoms with Gasteiger partial charge in [0, 0.05) is 7.11 Å². The first-order chi connectivity index (χ1) is 4.59. The molecule has 0 fully saturated rings. The van der Waals surface area contributed by atoms with Crippen molar-refractivity contribution in [3.8, 4) is 0 Å². The summed E-state index contributed by atoms with van der Waals surface area (Å²) in [5.41, 5.74) is 5.02. The highest BCUT2D eigenvalue weighted by molar-refractivity contribution is 5.73. The lowest BCUT2D eigenvalue weighted by Gasteiger charge is -2.12. The number of hydrogen-bond acceptors (Lipinski definition) is 4. The molecule has 0 spiro atoms. The van der Waals surface area contributed by atoms with Crippen molar-refractivity contribution in [2.75, 3.05) is 13.7 Å². The van der Waals surface area contributed by atoms with E-state index in [-0.39, 0.29) is 6.61 Å². The van der Waals surface area contributed by atoms with E-state index in [1.54, 1.807) is 0 Å². The van der Waals surface area contributed by atoms with Crippen molar-refractivity contribution >= 4 is 5.97 Å². The third-order valence-electron chi connectivity index (χ3n) is 1.04. The van der Waals surface area contributed by atoms with E-state index >= 15 is 0 Å². The molecule has 0 aliphatic carbocycles. The Kier molecular flexibility index (Phi) is 3.94. The molecule has 0 aromatic carbocycles. The highest BCUT2D eigenvalue weighted by atomic mass is 16.5. The van der Waals surface area contributed by atoms with E-state index in [1.165, 1.54) is 7.11 Å². The average Bonchev–Trinajstić information content (AvgIpc) is 1.87. The first-order valence-electron chi connectivity index (χ1n) is 2.75. The molecule has 2 atom stereocenters. The highest BCUT2D eigenvalue weighted by Gasteiger charge is 2.20. The van der Waals surface area contributed by atoms with Gasteiger partial charge in [0.05, 0.1) is 6.61 Å². The van der Waals surface area contributed by atoms with Crippen LogP contribution < -0.4 is 5.73 Å². The molecule has 0 bridgehead atoms. The minimum Gasteiger partial charge on any atom is -0.480 e. The summed E-state index contributed by atoms with van der Waals surface area (Å²) in [5, 5.41) is 17.1. The van der Waals surface area contributed by atoms with Crippen LogP contribution in [0.15, 0.2) is 0 Å². The summed E-state index contributed by atoms with van der Waals surface area (Å²) in [4.78, 5) is 10.1. The van der Waals surface area contributed by atoms with E-state index in [1.807, 2.05) is 0 Å². The number of aliphatic carboxylic acids is 1. The van der Waals surface area contributed by atoms with Gasteiger partial charge in [0.1, 0.15) is 12.1 Å². The van der Waals surface area contributed by atoms with E-state index in [4.69, 9.17) is 15.9 Å². The van der Waals surface area contributed by atoms with Crippen molar-refractivity contribution in [3.63, 3.8) is 0 Å².